The molecule has 112 valence electrons. The zero-order chi connectivity index (χ0) is 14.7. The van der Waals surface area contributed by atoms with E-state index in [1.807, 2.05) is 16.5 Å². The molecule has 1 aromatic heterocycles. The Morgan fingerprint density at radius 1 is 1.55 bits per heavy atom. The van der Waals surface area contributed by atoms with Crippen LogP contribution in [0, 0.1) is 18.8 Å². The Bertz CT molecular complexity index is 466. The van der Waals surface area contributed by atoms with Gasteiger partial charge in [0.05, 0.1) is 11.8 Å². The molecule has 20 heavy (non-hydrogen) atoms. The quantitative estimate of drug-likeness (QED) is 0.891. The third-order valence-electron chi connectivity index (χ3n) is 4.36. The summed E-state index contributed by atoms with van der Waals surface area (Å²) in [6.45, 7) is 9.60. The second kappa shape index (κ2) is 6.39. The molecule has 1 saturated heterocycles. The van der Waals surface area contributed by atoms with Crippen molar-refractivity contribution in [3.05, 3.63) is 17.5 Å². The summed E-state index contributed by atoms with van der Waals surface area (Å²) < 4.78 is 1.89. The second-order valence-electron chi connectivity index (χ2n) is 6.05. The highest BCUT2D eigenvalue weighted by Gasteiger charge is 2.30. The molecule has 0 aliphatic carbocycles. The van der Waals surface area contributed by atoms with Gasteiger partial charge in [0.1, 0.15) is 0 Å². The van der Waals surface area contributed by atoms with Crippen LogP contribution in [0.4, 0.5) is 0 Å². The van der Waals surface area contributed by atoms with E-state index < -0.39 is 0 Å². The third kappa shape index (κ3) is 3.03. The first-order valence-electron chi connectivity index (χ1n) is 7.56. The molecule has 1 atom stereocenters. The summed E-state index contributed by atoms with van der Waals surface area (Å²) in [7, 11) is 0. The summed E-state index contributed by atoms with van der Waals surface area (Å²) in [5.74, 6) is 1.40. The monoisotopic (exact) mass is 278 g/mol. The lowest BCUT2D eigenvalue weighted by Gasteiger charge is -2.18. The number of aryl methyl sites for hydroxylation is 1. The fourth-order valence-electron chi connectivity index (χ4n) is 2.81. The lowest BCUT2D eigenvalue weighted by molar-refractivity contribution is 0.0783. The minimum atomic E-state index is 0.129. The summed E-state index contributed by atoms with van der Waals surface area (Å²) in [5, 5.41) is 4.31. The van der Waals surface area contributed by atoms with Gasteiger partial charge in [0.15, 0.2) is 0 Å². The molecule has 5 nitrogen and oxygen atoms in total. The van der Waals surface area contributed by atoms with Crippen LogP contribution in [0.1, 0.15) is 42.7 Å². The molecule has 2 heterocycles. The minimum absolute atomic E-state index is 0.129. The zero-order valence-corrected chi connectivity index (χ0v) is 12.8. The molecule has 1 aromatic rings. The first-order chi connectivity index (χ1) is 9.54. The molecule has 0 saturated carbocycles. The van der Waals surface area contributed by atoms with Gasteiger partial charge in [-0.3, -0.25) is 9.48 Å². The fourth-order valence-corrected chi connectivity index (χ4v) is 2.81. The average Bonchev–Trinajstić information content (AvgIpc) is 3.03. The Kier molecular flexibility index (Phi) is 4.81. The molecule has 0 bridgehead atoms. The van der Waals surface area contributed by atoms with Crippen molar-refractivity contribution in [2.45, 2.75) is 40.2 Å². The van der Waals surface area contributed by atoms with Crippen LogP contribution in [0.2, 0.25) is 0 Å². The molecule has 0 radical (unpaired) electrons. The molecule has 2 rings (SSSR count). The second-order valence-corrected chi connectivity index (χ2v) is 6.05. The van der Waals surface area contributed by atoms with E-state index in [-0.39, 0.29) is 5.91 Å². The van der Waals surface area contributed by atoms with Gasteiger partial charge in [-0.15, -0.1) is 0 Å². The normalized spacial score (nSPS) is 19.1. The van der Waals surface area contributed by atoms with Crippen LogP contribution in [0.5, 0.6) is 0 Å². The Labute approximate surface area is 121 Å². The van der Waals surface area contributed by atoms with E-state index in [4.69, 9.17) is 5.73 Å². The summed E-state index contributed by atoms with van der Waals surface area (Å²) in [6.07, 6.45) is 3.70. The van der Waals surface area contributed by atoms with Gasteiger partial charge < -0.3 is 10.6 Å². The van der Waals surface area contributed by atoms with Crippen molar-refractivity contribution < 1.29 is 4.79 Å². The van der Waals surface area contributed by atoms with E-state index in [2.05, 4.69) is 18.9 Å². The number of nitrogens with zero attached hydrogens (tertiary/aromatic N) is 3. The molecular formula is C15H26N4O. The van der Waals surface area contributed by atoms with Gasteiger partial charge in [-0.25, -0.2) is 0 Å². The number of carbonyl (C=O) groups is 1. The first-order valence-corrected chi connectivity index (χ1v) is 7.56. The van der Waals surface area contributed by atoms with Crippen LogP contribution >= 0.6 is 0 Å². The molecule has 1 aliphatic heterocycles. The minimum Gasteiger partial charge on any atom is -0.338 e. The van der Waals surface area contributed by atoms with E-state index in [0.717, 1.165) is 43.7 Å². The number of aromatic nitrogens is 2. The molecule has 1 fully saturated rings. The molecule has 0 aromatic carbocycles. The van der Waals surface area contributed by atoms with Crippen LogP contribution in [-0.2, 0) is 6.54 Å². The smallest absolute Gasteiger partial charge is 0.257 e. The molecule has 5 heteroatoms. The van der Waals surface area contributed by atoms with Crippen LogP contribution < -0.4 is 5.73 Å². The van der Waals surface area contributed by atoms with Crippen LogP contribution in [0.3, 0.4) is 0 Å². The number of likely N-dealkylation sites (tertiary alicyclic amines) is 1. The van der Waals surface area contributed by atoms with Crippen molar-refractivity contribution in [1.29, 1.82) is 0 Å². The van der Waals surface area contributed by atoms with Crippen molar-refractivity contribution in [3.63, 3.8) is 0 Å². The third-order valence-corrected chi connectivity index (χ3v) is 4.36. The van der Waals surface area contributed by atoms with Gasteiger partial charge in [-0.05, 0) is 38.1 Å². The maximum atomic E-state index is 12.6. The summed E-state index contributed by atoms with van der Waals surface area (Å²) >= 11 is 0. The van der Waals surface area contributed by atoms with Crippen molar-refractivity contribution in [2.75, 3.05) is 19.6 Å². The highest BCUT2D eigenvalue weighted by molar-refractivity contribution is 5.95. The number of amides is 1. The maximum absolute atomic E-state index is 12.6. The Morgan fingerprint density at radius 2 is 2.30 bits per heavy atom. The maximum Gasteiger partial charge on any atom is 0.257 e. The largest absolute Gasteiger partial charge is 0.338 e. The lowest BCUT2D eigenvalue weighted by atomic mass is 9.95. The summed E-state index contributed by atoms with van der Waals surface area (Å²) in [6, 6.07) is 0. The predicted octanol–water partition coefficient (Wildman–Crippen LogP) is 1.66. The van der Waals surface area contributed by atoms with Gasteiger partial charge in [0.25, 0.3) is 5.91 Å². The van der Waals surface area contributed by atoms with E-state index in [9.17, 15) is 4.79 Å². The van der Waals surface area contributed by atoms with Crippen LogP contribution in [-0.4, -0.2) is 40.2 Å². The fraction of sp³-hybridized carbons (Fsp3) is 0.733. The van der Waals surface area contributed by atoms with E-state index in [1.165, 1.54) is 0 Å². The summed E-state index contributed by atoms with van der Waals surface area (Å²) in [5.41, 5.74) is 7.22. The highest BCUT2D eigenvalue weighted by Crippen LogP contribution is 2.25. The Morgan fingerprint density at radius 3 is 2.90 bits per heavy atom. The molecular weight excluding hydrogens is 252 g/mol. The molecule has 1 amide bonds. The SMILES string of the molecule is Cc1c(C(=O)N2CCC(C(C)C)C2)cnn1CCCN. The molecule has 1 aliphatic rings. The number of rotatable bonds is 5. The van der Waals surface area contributed by atoms with Crippen LogP contribution in [0.15, 0.2) is 6.20 Å². The highest BCUT2D eigenvalue weighted by atomic mass is 16.2. The van der Waals surface area contributed by atoms with Crippen LogP contribution in [0.25, 0.3) is 0 Å². The van der Waals surface area contributed by atoms with Crippen molar-refractivity contribution in [1.82, 2.24) is 14.7 Å². The van der Waals surface area contributed by atoms with E-state index >= 15 is 0 Å². The number of hydrogen-bond donors (Lipinski definition) is 1. The van der Waals surface area contributed by atoms with Gasteiger partial charge in [0.2, 0.25) is 0 Å². The van der Waals surface area contributed by atoms with Gasteiger partial charge in [-0.2, -0.15) is 5.10 Å². The van der Waals surface area contributed by atoms with Gasteiger partial charge >= 0.3 is 0 Å². The average molecular weight is 278 g/mol. The Hall–Kier alpha value is -1.36. The lowest BCUT2D eigenvalue weighted by Crippen LogP contribution is -2.29. The molecule has 2 N–H and O–H groups in total. The van der Waals surface area contributed by atoms with Crippen molar-refractivity contribution >= 4 is 5.91 Å². The molecule has 1 unspecified atom stereocenters. The first kappa shape index (κ1) is 15.0. The number of hydrogen-bond acceptors (Lipinski definition) is 3. The zero-order valence-electron chi connectivity index (χ0n) is 12.8. The topological polar surface area (TPSA) is 64.2 Å². The van der Waals surface area contributed by atoms with E-state index in [1.54, 1.807) is 6.20 Å². The number of nitrogens with two attached hydrogens (primary N) is 1. The van der Waals surface area contributed by atoms with Crippen molar-refractivity contribution in [2.24, 2.45) is 17.6 Å². The van der Waals surface area contributed by atoms with Gasteiger partial charge in [-0.1, -0.05) is 13.8 Å². The summed E-state index contributed by atoms with van der Waals surface area (Å²) in [4.78, 5) is 14.5. The van der Waals surface area contributed by atoms with E-state index in [0.29, 0.717) is 18.4 Å². The Balaban J connectivity index is 2.05. The number of carbonyl (C=O) groups excluding carboxylic acids is 1. The van der Waals surface area contributed by atoms with Gasteiger partial charge in [0, 0.05) is 25.3 Å². The van der Waals surface area contributed by atoms with Crippen molar-refractivity contribution in [3.8, 4) is 0 Å². The standard InChI is InChI=1S/C15H26N4O/c1-11(2)13-5-8-18(10-13)15(20)14-9-17-19(12(14)3)7-4-6-16/h9,11,13H,4-8,10,16H2,1-3H3. The molecule has 0 spiro atoms. The predicted molar refractivity (Wildman–Crippen MR) is 79.5 cm³/mol.